The minimum atomic E-state index is -0.770. The van der Waals surface area contributed by atoms with Crippen LogP contribution in [-0.2, 0) is 4.79 Å². The first-order valence-electron chi connectivity index (χ1n) is 13.3. The van der Waals surface area contributed by atoms with E-state index in [4.69, 9.17) is 0 Å². The number of nitrogens with one attached hydrogen (secondary N) is 2. The highest BCUT2D eigenvalue weighted by Crippen LogP contribution is 2.22. The highest BCUT2D eigenvalue weighted by Gasteiger charge is 2.22. The Morgan fingerprint density at radius 3 is 2.27 bits per heavy atom. The van der Waals surface area contributed by atoms with Gasteiger partial charge in [-0.15, -0.1) is 0 Å². The molecule has 4 nitrogen and oxygen atoms in total. The summed E-state index contributed by atoms with van der Waals surface area (Å²) in [6.07, 6.45) is 17.3. The Morgan fingerprint density at radius 1 is 1.12 bits per heavy atom. The second kappa shape index (κ2) is 17.5. The average Bonchev–Trinajstić information content (AvgIpc) is 3.14. The number of carboxylic acid groups (broad SMARTS) is 1. The monoisotopic (exact) mass is 480 g/mol. The predicted molar refractivity (Wildman–Crippen MR) is 146 cm³/mol. The molecule has 1 aliphatic rings. The number of carboxylic acids is 1. The molecule has 192 valence electrons. The zero-order chi connectivity index (χ0) is 24.6. The number of thioether (sulfide) groups is 1. The molecule has 5 heteroatoms. The van der Waals surface area contributed by atoms with Crippen LogP contribution in [0.5, 0.6) is 0 Å². The lowest BCUT2D eigenvalue weighted by Gasteiger charge is -2.20. The topological polar surface area (TPSA) is 61.4 Å². The first-order valence-corrected chi connectivity index (χ1v) is 14.5. The molecule has 3 N–H and O–H groups in total. The lowest BCUT2D eigenvalue weighted by molar-refractivity contribution is -0.139. The molecule has 0 spiro atoms. The Labute approximate surface area is 208 Å². The van der Waals surface area contributed by atoms with Crippen molar-refractivity contribution in [3.05, 3.63) is 23.4 Å². The van der Waals surface area contributed by atoms with Gasteiger partial charge in [0.15, 0.2) is 0 Å². The molecule has 33 heavy (non-hydrogen) atoms. The van der Waals surface area contributed by atoms with E-state index in [0.717, 1.165) is 42.0 Å². The van der Waals surface area contributed by atoms with E-state index < -0.39 is 12.0 Å². The van der Waals surface area contributed by atoms with Crippen LogP contribution >= 0.6 is 11.8 Å². The molecule has 0 bridgehead atoms. The van der Waals surface area contributed by atoms with Crippen molar-refractivity contribution in [2.24, 2.45) is 17.8 Å². The Kier molecular flexibility index (Phi) is 15.9. The third-order valence-corrected chi connectivity index (χ3v) is 7.71. The van der Waals surface area contributed by atoms with Crippen LogP contribution in [0, 0.1) is 17.8 Å². The van der Waals surface area contributed by atoms with Gasteiger partial charge in [-0.3, -0.25) is 10.1 Å². The number of hydrogen-bond acceptors (Lipinski definition) is 4. The molecule has 4 unspecified atom stereocenters. The van der Waals surface area contributed by atoms with E-state index in [9.17, 15) is 9.90 Å². The van der Waals surface area contributed by atoms with E-state index in [1.807, 2.05) is 6.92 Å². The van der Waals surface area contributed by atoms with E-state index in [1.54, 1.807) is 11.8 Å². The quantitative estimate of drug-likeness (QED) is 0.133. The molecule has 0 saturated carbocycles. The Hall–Kier alpha value is -0.940. The van der Waals surface area contributed by atoms with Crippen LogP contribution in [0.4, 0.5) is 0 Å². The van der Waals surface area contributed by atoms with E-state index in [-0.39, 0.29) is 6.17 Å². The Balaban J connectivity index is 2.10. The summed E-state index contributed by atoms with van der Waals surface area (Å²) in [6.45, 7) is 13.7. The van der Waals surface area contributed by atoms with Gasteiger partial charge in [-0.1, -0.05) is 90.4 Å². The average molecular weight is 481 g/mol. The van der Waals surface area contributed by atoms with Crippen molar-refractivity contribution in [2.75, 3.05) is 11.5 Å². The van der Waals surface area contributed by atoms with Crippen molar-refractivity contribution < 1.29 is 9.90 Å². The summed E-state index contributed by atoms with van der Waals surface area (Å²) < 4.78 is 0. The summed E-state index contributed by atoms with van der Waals surface area (Å²) in [5.41, 5.74) is 2.55. The zero-order valence-corrected chi connectivity index (χ0v) is 23.1. The molecule has 0 aromatic rings. The largest absolute Gasteiger partial charge is 0.480 e. The summed E-state index contributed by atoms with van der Waals surface area (Å²) in [4.78, 5) is 11.5. The Morgan fingerprint density at radius 2 is 1.73 bits per heavy atom. The molecule has 4 atom stereocenters. The normalized spacial score (nSPS) is 19.3. The van der Waals surface area contributed by atoms with Crippen molar-refractivity contribution in [3.8, 4) is 0 Å². The van der Waals surface area contributed by atoms with Gasteiger partial charge in [0, 0.05) is 23.6 Å². The van der Waals surface area contributed by atoms with Crippen molar-refractivity contribution in [1.29, 1.82) is 0 Å². The number of aliphatic carboxylic acids is 1. The van der Waals surface area contributed by atoms with Gasteiger partial charge < -0.3 is 10.4 Å². The number of hydrogen-bond donors (Lipinski definition) is 3. The predicted octanol–water partition coefficient (Wildman–Crippen LogP) is 7.37. The minimum Gasteiger partial charge on any atom is -0.480 e. The summed E-state index contributed by atoms with van der Waals surface area (Å²) in [5.74, 6) is 3.24. The first kappa shape index (κ1) is 30.1. The van der Waals surface area contributed by atoms with E-state index in [1.165, 1.54) is 56.9 Å². The standard InChI is InChI=1S/C28H52N2O2S/c1-21(2)10-7-11-22(3)12-8-13-23(4)14-9-15-24(5)18-19-33-20-26(28(31)32)30-27-17-16-25(6)29-27/h16,18,21-23,26-27,29-30H,7-15,17,19-20H2,1-6H3,(H,31,32)/b24-18+. The second-order valence-corrected chi connectivity index (χ2v) is 11.9. The highest BCUT2D eigenvalue weighted by atomic mass is 32.2. The molecular weight excluding hydrogens is 428 g/mol. The summed E-state index contributed by atoms with van der Waals surface area (Å²) in [6, 6.07) is -0.515. The number of allylic oxidation sites excluding steroid dienone is 2. The molecule has 0 aromatic heterocycles. The summed E-state index contributed by atoms with van der Waals surface area (Å²) in [5, 5.41) is 16.0. The molecule has 0 saturated heterocycles. The van der Waals surface area contributed by atoms with Crippen LogP contribution in [0.2, 0.25) is 0 Å². The van der Waals surface area contributed by atoms with Gasteiger partial charge in [0.05, 0.1) is 6.17 Å². The van der Waals surface area contributed by atoms with Crippen LogP contribution in [0.3, 0.4) is 0 Å². The van der Waals surface area contributed by atoms with Gasteiger partial charge >= 0.3 is 5.97 Å². The van der Waals surface area contributed by atoms with Crippen LogP contribution in [-0.4, -0.2) is 34.8 Å². The highest BCUT2D eigenvalue weighted by molar-refractivity contribution is 7.99. The smallest absolute Gasteiger partial charge is 0.321 e. The SMILES string of the molecule is CC1=CCC(NC(CSC/C=C(\C)CCCC(C)CCCC(C)CCCC(C)C)C(=O)O)N1. The molecule has 0 radical (unpaired) electrons. The maximum atomic E-state index is 11.5. The van der Waals surface area contributed by atoms with E-state index >= 15 is 0 Å². The second-order valence-electron chi connectivity index (χ2n) is 10.8. The van der Waals surface area contributed by atoms with E-state index in [2.05, 4.69) is 57.4 Å². The van der Waals surface area contributed by atoms with Crippen LogP contribution in [0.25, 0.3) is 0 Å². The van der Waals surface area contributed by atoms with Gasteiger partial charge in [0.2, 0.25) is 0 Å². The summed E-state index contributed by atoms with van der Waals surface area (Å²) in [7, 11) is 0. The van der Waals surface area contributed by atoms with Crippen molar-refractivity contribution >= 4 is 17.7 Å². The van der Waals surface area contributed by atoms with Gasteiger partial charge in [-0.05, 0) is 44.4 Å². The number of carbonyl (C=O) groups is 1. The van der Waals surface area contributed by atoms with Crippen LogP contribution in [0.1, 0.15) is 106 Å². The van der Waals surface area contributed by atoms with Gasteiger partial charge in [-0.25, -0.2) is 0 Å². The maximum absolute atomic E-state index is 11.5. The zero-order valence-electron chi connectivity index (χ0n) is 22.3. The third-order valence-electron chi connectivity index (χ3n) is 6.74. The Bertz CT molecular complexity index is 603. The number of rotatable bonds is 19. The maximum Gasteiger partial charge on any atom is 0.321 e. The van der Waals surface area contributed by atoms with Gasteiger partial charge in [0.1, 0.15) is 6.04 Å². The molecule has 1 aliphatic heterocycles. The van der Waals surface area contributed by atoms with Gasteiger partial charge in [-0.2, -0.15) is 11.8 Å². The molecular formula is C28H52N2O2S. The van der Waals surface area contributed by atoms with Gasteiger partial charge in [0.25, 0.3) is 0 Å². The molecule has 0 aromatic carbocycles. The molecule has 0 fully saturated rings. The molecule has 0 aliphatic carbocycles. The van der Waals surface area contributed by atoms with Crippen LogP contribution < -0.4 is 10.6 Å². The first-order chi connectivity index (χ1) is 15.7. The lowest BCUT2D eigenvalue weighted by atomic mass is 9.91. The summed E-state index contributed by atoms with van der Waals surface area (Å²) >= 11 is 1.70. The molecule has 0 amide bonds. The minimum absolute atomic E-state index is 0.0408. The lowest BCUT2D eigenvalue weighted by Crippen LogP contribution is -2.49. The van der Waals surface area contributed by atoms with Crippen molar-refractivity contribution in [3.63, 3.8) is 0 Å². The third kappa shape index (κ3) is 15.6. The van der Waals surface area contributed by atoms with Crippen LogP contribution in [0.15, 0.2) is 23.4 Å². The fraction of sp³-hybridized carbons (Fsp3) is 0.821. The van der Waals surface area contributed by atoms with Crippen molar-refractivity contribution in [2.45, 2.75) is 118 Å². The van der Waals surface area contributed by atoms with E-state index in [0.29, 0.717) is 5.75 Å². The fourth-order valence-electron chi connectivity index (χ4n) is 4.43. The molecule has 1 rings (SSSR count). The molecule has 1 heterocycles. The fourth-order valence-corrected chi connectivity index (χ4v) is 5.44. The van der Waals surface area contributed by atoms with Crippen molar-refractivity contribution in [1.82, 2.24) is 10.6 Å².